The van der Waals surface area contributed by atoms with E-state index in [1.807, 2.05) is 35.2 Å². The van der Waals surface area contributed by atoms with Crippen LogP contribution in [0.25, 0.3) is 0 Å². The first-order valence-corrected chi connectivity index (χ1v) is 8.11. The van der Waals surface area contributed by atoms with Crippen LogP contribution in [0.3, 0.4) is 0 Å². The summed E-state index contributed by atoms with van der Waals surface area (Å²) < 4.78 is 5.05. The predicted octanol–water partition coefficient (Wildman–Crippen LogP) is 1.37. The van der Waals surface area contributed by atoms with Crippen molar-refractivity contribution in [2.45, 2.75) is 18.9 Å². The van der Waals surface area contributed by atoms with Gasteiger partial charge in [0.05, 0.1) is 25.6 Å². The summed E-state index contributed by atoms with van der Waals surface area (Å²) in [6.07, 6.45) is 2.76. The van der Waals surface area contributed by atoms with E-state index < -0.39 is 17.5 Å². The van der Waals surface area contributed by atoms with Gasteiger partial charge in [-0.2, -0.15) is 0 Å². The van der Waals surface area contributed by atoms with Crippen LogP contribution in [-0.4, -0.2) is 52.5 Å². The van der Waals surface area contributed by atoms with E-state index in [2.05, 4.69) is 9.97 Å². The summed E-state index contributed by atoms with van der Waals surface area (Å²) >= 11 is 0. The maximum absolute atomic E-state index is 12.1. The number of aliphatic carboxylic acids is 1. The summed E-state index contributed by atoms with van der Waals surface area (Å²) in [6, 6.07) is 9.36. The van der Waals surface area contributed by atoms with Gasteiger partial charge in [-0.1, -0.05) is 30.3 Å². The summed E-state index contributed by atoms with van der Waals surface area (Å²) in [7, 11) is 1.53. The van der Waals surface area contributed by atoms with Crippen molar-refractivity contribution < 1.29 is 19.7 Å². The van der Waals surface area contributed by atoms with E-state index in [0.717, 1.165) is 5.56 Å². The van der Waals surface area contributed by atoms with Gasteiger partial charge in [-0.05, 0) is 18.4 Å². The molecule has 1 aliphatic heterocycles. The van der Waals surface area contributed by atoms with Crippen molar-refractivity contribution in [2.24, 2.45) is 5.41 Å². The van der Waals surface area contributed by atoms with Crippen LogP contribution < -0.4 is 9.64 Å². The molecule has 0 unspecified atom stereocenters. The average molecular weight is 343 g/mol. The second-order valence-corrected chi connectivity index (χ2v) is 6.27. The summed E-state index contributed by atoms with van der Waals surface area (Å²) in [5.41, 5.74) is -0.426. The number of carbonyl (C=O) groups is 1. The molecule has 132 valence electrons. The van der Waals surface area contributed by atoms with Crippen LogP contribution in [0.4, 0.5) is 5.95 Å². The Morgan fingerprint density at radius 2 is 2.00 bits per heavy atom. The Hall–Kier alpha value is -2.67. The van der Waals surface area contributed by atoms with Crippen molar-refractivity contribution >= 4 is 11.9 Å². The minimum absolute atomic E-state index is 0.144. The number of rotatable bonds is 5. The lowest BCUT2D eigenvalue weighted by Crippen LogP contribution is -2.57. The van der Waals surface area contributed by atoms with E-state index in [1.54, 1.807) is 12.4 Å². The Kier molecular flexibility index (Phi) is 4.85. The molecule has 0 saturated carbocycles. The number of methoxy groups -OCH3 is 1. The fourth-order valence-electron chi connectivity index (χ4n) is 3.25. The topological polar surface area (TPSA) is 95.8 Å². The number of hydrogen-bond acceptors (Lipinski definition) is 6. The fourth-order valence-corrected chi connectivity index (χ4v) is 3.25. The molecule has 2 heterocycles. The highest BCUT2D eigenvalue weighted by molar-refractivity contribution is 5.77. The zero-order chi connectivity index (χ0) is 17.9. The number of anilines is 1. The molecule has 1 aromatic heterocycles. The van der Waals surface area contributed by atoms with Crippen LogP contribution >= 0.6 is 0 Å². The molecular weight excluding hydrogens is 322 g/mol. The van der Waals surface area contributed by atoms with Crippen molar-refractivity contribution in [3.8, 4) is 5.75 Å². The minimum Gasteiger partial charge on any atom is -0.494 e. The highest BCUT2D eigenvalue weighted by Crippen LogP contribution is 2.36. The molecule has 0 radical (unpaired) electrons. The number of aromatic nitrogens is 2. The third kappa shape index (κ3) is 3.41. The third-order valence-electron chi connectivity index (χ3n) is 4.70. The number of aliphatic hydroxyl groups is 1. The van der Waals surface area contributed by atoms with Crippen molar-refractivity contribution in [2.75, 3.05) is 25.1 Å². The average Bonchev–Trinajstić information content (AvgIpc) is 2.64. The number of nitrogens with zero attached hydrogens (tertiary/aromatic N) is 3. The van der Waals surface area contributed by atoms with Crippen molar-refractivity contribution in [1.29, 1.82) is 0 Å². The molecule has 0 aliphatic carbocycles. The molecule has 2 atom stereocenters. The van der Waals surface area contributed by atoms with Gasteiger partial charge in [0.1, 0.15) is 5.41 Å². The van der Waals surface area contributed by atoms with Gasteiger partial charge in [0, 0.05) is 13.1 Å². The van der Waals surface area contributed by atoms with Gasteiger partial charge < -0.3 is 19.8 Å². The molecular formula is C18H21N3O4. The van der Waals surface area contributed by atoms with Crippen molar-refractivity contribution in [3.05, 3.63) is 48.3 Å². The predicted molar refractivity (Wildman–Crippen MR) is 91.6 cm³/mol. The normalized spacial score (nSPS) is 23.3. The summed E-state index contributed by atoms with van der Waals surface area (Å²) in [4.78, 5) is 22.4. The number of aliphatic hydroxyl groups excluding tert-OH is 1. The lowest BCUT2D eigenvalue weighted by atomic mass is 9.73. The van der Waals surface area contributed by atoms with Gasteiger partial charge in [-0.3, -0.25) is 4.79 Å². The maximum Gasteiger partial charge on any atom is 0.314 e. The number of hydrogen-bond donors (Lipinski definition) is 2. The van der Waals surface area contributed by atoms with E-state index in [1.165, 1.54) is 7.11 Å². The first kappa shape index (κ1) is 17.2. The molecule has 25 heavy (non-hydrogen) atoms. The third-order valence-corrected chi connectivity index (χ3v) is 4.70. The molecule has 1 aliphatic rings. The number of ether oxygens (including phenoxy) is 1. The second-order valence-electron chi connectivity index (χ2n) is 6.27. The summed E-state index contributed by atoms with van der Waals surface area (Å²) in [5, 5.41) is 20.4. The quantitative estimate of drug-likeness (QED) is 0.846. The molecule has 1 aromatic carbocycles. The lowest BCUT2D eigenvalue weighted by Gasteiger charge is -2.43. The standard InChI is InChI=1S/C18H21N3O4/c1-25-14-10-19-17(20-11-14)21-8-7-15(22)18(12-21,16(23)24)9-13-5-3-2-4-6-13/h2-6,10-11,15,22H,7-9,12H2,1H3,(H,23,24)/t15-,18+/m0/s1. The van der Waals surface area contributed by atoms with E-state index >= 15 is 0 Å². The van der Waals surface area contributed by atoms with E-state index in [-0.39, 0.29) is 13.0 Å². The Morgan fingerprint density at radius 3 is 2.60 bits per heavy atom. The zero-order valence-corrected chi connectivity index (χ0v) is 14.0. The molecule has 2 N–H and O–H groups in total. The molecule has 0 bridgehead atoms. The molecule has 0 amide bonds. The van der Waals surface area contributed by atoms with Crippen LogP contribution in [0.15, 0.2) is 42.7 Å². The number of piperidine rings is 1. The second kappa shape index (κ2) is 7.06. The molecule has 7 nitrogen and oxygen atoms in total. The zero-order valence-electron chi connectivity index (χ0n) is 14.0. The highest BCUT2D eigenvalue weighted by atomic mass is 16.5. The van der Waals surface area contributed by atoms with Gasteiger partial charge in [-0.15, -0.1) is 0 Å². The van der Waals surface area contributed by atoms with Crippen LogP contribution in [0, 0.1) is 5.41 Å². The monoisotopic (exact) mass is 343 g/mol. The number of carboxylic acid groups (broad SMARTS) is 1. The minimum atomic E-state index is -1.30. The SMILES string of the molecule is COc1cnc(N2CC[C@H](O)[C@](Cc3ccccc3)(C(=O)O)C2)nc1. The van der Waals surface area contributed by atoms with Gasteiger partial charge in [0.2, 0.25) is 5.95 Å². The fraction of sp³-hybridized carbons (Fsp3) is 0.389. The summed E-state index contributed by atoms with van der Waals surface area (Å²) in [6.45, 7) is 0.641. The number of benzene rings is 1. The van der Waals surface area contributed by atoms with Gasteiger partial charge in [-0.25, -0.2) is 9.97 Å². The summed E-state index contributed by atoms with van der Waals surface area (Å²) in [5.74, 6) is -0.0389. The molecule has 1 fully saturated rings. The van der Waals surface area contributed by atoms with E-state index in [0.29, 0.717) is 24.7 Å². The maximum atomic E-state index is 12.1. The Labute approximate surface area is 145 Å². The lowest BCUT2D eigenvalue weighted by molar-refractivity contribution is -0.157. The highest BCUT2D eigenvalue weighted by Gasteiger charge is 2.49. The van der Waals surface area contributed by atoms with E-state index in [4.69, 9.17) is 4.74 Å². The van der Waals surface area contributed by atoms with E-state index in [9.17, 15) is 15.0 Å². The molecule has 2 aromatic rings. The van der Waals surface area contributed by atoms with Crippen LogP contribution in [0.2, 0.25) is 0 Å². The number of carboxylic acids is 1. The molecule has 0 spiro atoms. The van der Waals surface area contributed by atoms with Gasteiger partial charge >= 0.3 is 5.97 Å². The van der Waals surface area contributed by atoms with Crippen LogP contribution in [-0.2, 0) is 11.2 Å². The van der Waals surface area contributed by atoms with Crippen molar-refractivity contribution in [3.63, 3.8) is 0 Å². The van der Waals surface area contributed by atoms with Crippen LogP contribution in [0.5, 0.6) is 5.75 Å². The van der Waals surface area contributed by atoms with Gasteiger partial charge in [0.25, 0.3) is 0 Å². The first-order chi connectivity index (χ1) is 12.0. The smallest absolute Gasteiger partial charge is 0.314 e. The Morgan fingerprint density at radius 1 is 1.32 bits per heavy atom. The van der Waals surface area contributed by atoms with Crippen LogP contribution in [0.1, 0.15) is 12.0 Å². The molecule has 3 rings (SSSR count). The molecule has 7 heteroatoms. The molecule has 1 saturated heterocycles. The Bertz CT molecular complexity index is 723. The Balaban J connectivity index is 1.89. The largest absolute Gasteiger partial charge is 0.494 e. The first-order valence-electron chi connectivity index (χ1n) is 8.11. The van der Waals surface area contributed by atoms with Crippen molar-refractivity contribution in [1.82, 2.24) is 9.97 Å². The van der Waals surface area contributed by atoms with Gasteiger partial charge in [0.15, 0.2) is 5.75 Å².